The van der Waals surface area contributed by atoms with Crippen LogP contribution in [0.15, 0.2) is 29.2 Å². The van der Waals surface area contributed by atoms with Gasteiger partial charge >= 0.3 is 0 Å². The van der Waals surface area contributed by atoms with Gasteiger partial charge in [0.25, 0.3) is 0 Å². The first-order chi connectivity index (χ1) is 8.85. The summed E-state index contributed by atoms with van der Waals surface area (Å²) in [5.74, 6) is 7.52. The third kappa shape index (κ3) is 3.38. The molecular weight excluding hydrogens is 248 g/mol. The van der Waals surface area contributed by atoms with E-state index in [1.54, 1.807) is 7.11 Å². The Hall–Kier alpha value is -0.750. The summed E-state index contributed by atoms with van der Waals surface area (Å²) in [5, 5.41) is 0. The van der Waals surface area contributed by atoms with Crippen LogP contribution in [0.5, 0.6) is 5.75 Å². The molecule has 0 saturated heterocycles. The summed E-state index contributed by atoms with van der Waals surface area (Å²) in [4.78, 5) is 1.21. The molecule has 3 N–H and O–H groups in total. The molecule has 0 bridgehead atoms. The molecule has 0 aromatic heterocycles. The van der Waals surface area contributed by atoms with Crippen LogP contribution in [0.3, 0.4) is 0 Å². The number of thioether (sulfide) groups is 1. The third-order valence-electron chi connectivity index (χ3n) is 3.06. The molecule has 1 aliphatic rings. The molecule has 1 aromatic carbocycles. The zero-order chi connectivity index (χ0) is 12.8. The van der Waals surface area contributed by atoms with E-state index in [2.05, 4.69) is 11.5 Å². The Morgan fingerprint density at radius 3 is 3.17 bits per heavy atom. The number of hydrogen-bond acceptors (Lipinski definition) is 5. The second-order valence-corrected chi connectivity index (χ2v) is 5.38. The van der Waals surface area contributed by atoms with Crippen molar-refractivity contribution in [2.45, 2.75) is 29.9 Å². The molecule has 4 nitrogen and oxygen atoms in total. The Labute approximate surface area is 112 Å². The fourth-order valence-electron chi connectivity index (χ4n) is 2.06. The monoisotopic (exact) mass is 268 g/mol. The predicted octanol–water partition coefficient (Wildman–Crippen LogP) is 1.80. The van der Waals surface area contributed by atoms with Gasteiger partial charge in [-0.15, -0.1) is 11.8 Å². The lowest BCUT2D eigenvalue weighted by molar-refractivity contribution is 0.144. The number of fused-ring (bicyclic) bond motifs is 1. The zero-order valence-electron chi connectivity index (χ0n) is 10.6. The summed E-state index contributed by atoms with van der Waals surface area (Å²) in [7, 11) is 1.72. The van der Waals surface area contributed by atoms with Gasteiger partial charge in [0.2, 0.25) is 0 Å². The molecule has 1 aromatic rings. The van der Waals surface area contributed by atoms with E-state index in [9.17, 15) is 0 Å². The highest BCUT2D eigenvalue weighted by Gasteiger charge is 2.27. The van der Waals surface area contributed by atoms with E-state index in [4.69, 9.17) is 15.3 Å². The van der Waals surface area contributed by atoms with Crippen molar-refractivity contribution in [3.05, 3.63) is 24.3 Å². The molecule has 2 rings (SSSR count). The van der Waals surface area contributed by atoms with E-state index in [1.165, 1.54) is 4.90 Å². The van der Waals surface area contributed by atoms with E-state index in [1.807, 2.05) is 30.0 Å². The van der Waals surface area contributed by atoms with Crippen LogP contribution in [-0.4, -0.2) is 31.6 Å². The summed E-state index contributed by atoms with van der Waals surface area (Å²) in [6.07, 6.45) is 2.06. The average Bonchev–Trinajstić information content (AvgIpc) is 2.43. The number of benzene rings is 1. The maximum absolute atomic E-state index is 6.01. The molecule has 2 atom stereocenters. The fourth-order valence-corrected chi connectivity index (χ4v) is 3.14. The van der Waals surface area contributed by atoms with Crippen LogP contribution < -0.4 is 16.0 Å². The zero-order valence-corrected chi connectivity index (χ0v) is 11.4. The maximum Gasteiger partial charge on any atom is 0.133 e. The normalized spacial score (nSPS) is 20.0. The van der Waals surface area contributed by atoms with Gasteiger partial charge in [-0.05, 0) is 25.0 Å². The summed E-state index contributed by atoms with van der Waals surface area (Å²) >= 11 is 1.83. The number of nitrogens with two attached hydrogens (primary N) is 1. The topological polar surface area (TPSA) is 56.5 Å². The Bertz CT molecular complexity index is 376. The Balaban J connectivity index is 1.93. The number of nitrogens with one attached hydrogen (secondary N) is 1. The number of hydrazine groups is 1. The highest BCUT2D eigenvalue weighted by atomic mass is 32.2. The number of hydrogen-bond donors (Lipinski definition) is 2. The maximum atomic E-state index is 6.01. The Morgan fingerprint density at radius 2 is 2.39 bits per heavy atom. The van der Waals surface area contributed by atoms with Gasteiger partial charge in [0.1, 0.15) is 11.9 Å². The lowest BCUT2D eigenvalue weighted by Gasteiger charge is -2.31. The molecule has 5 heteroatoms. The molecule has 18 heavy (non-hydrogen) atoms. The number of rotatable bonds is 6. The summed E-state index contributed by atoms with van der Waals surface area (Å²) in [6, 6.07) is 8.30. The largest absolute Gasteiger partial charge is 0.487 e. The molecule has 1 aliphatic heterocycles. The van der Waals surface area contributed by atoms with Gasteiger partial charge in [0.05, 0.1) is 6.04 Å². The molecule has 0 saturated carbocycles. The van der Waals surface area contributed by atoms with E-state index >= 15 is 0 Å². The molecule has 0 aliphatic carbocycles. The standard InChI is InChI=1S/C13H20N2O2S/c1-16-8-4-5-10(15-14)12-9-18-13-7-3-2-6-11(13)17-12/h2-3,6-7,10,12,15H,4-5,8-9,14H2,1H3. The Kier molecular flexibility index (Phi) is 5.31. The van der Waals surface area contributed by atoms with Crippen LogP contribution in [0.25, 0.3) is 0 Å². The van der Waals surface area contributed by atoms with Crippen molar-refractivity contribution < 1.29 is 9.47 Å². The van der Waals surface area contributed by atoms with E-state index in [0.717, 1.165) is 31.0 Å². The fraction of sp³-hybridized carbons (Fsp3) is 0.538. The average molecular weight is 268 g/mol. The molecule has 0 fully saturated rings. The van der Waals surface area contributed by atoms with Crippen LogP contribution in [0.4, 0.5) is 0 Å². The Morgan fingerprint density at radius 1 is 1.56 bits per heavy atom. The molecule has 1 heterocycles. The first-order valence-corrected chi connectivity index (χ1v) is 7.17. The summed E-state index contributed by atoms with van der Waals surface area (Å²) in [5.41, 5.74) is 2.87. The van der Waals surface area contributed by atoms with Gasteiger partial charge in [-0.25, -0.2) is 0 Å². The summed E-state index contributed by atoms with van der Waals surface area (Å²) in [6.45, 7) is 0.759. The van der Waals surface area contributed by atoms with Gasteiger partial charge in [-0.1, -0.05) is 12.1 Å². The molecule has 2 unspecified atom stereocenters. The first kappa shape index (κ1) is 13.7. The highest BCUT2D eigenvalue weighted by Crippen LogP contribution is 2.36. The summed E-state index contributed by atoms with van der Waals surface area (Å²) < 4.78 is 11.1. The van der Waals surface area contributed by atoms with Gasteiger partial charge < -0.3 is 9.47 Å². The number of ether oxygens (including phenoxy) is 2. The van der Waals surface area contributed by atoms with Gasteiger partial charge in [-0.3, -0.25) is 11.3 Å². The minimum Gasteiger partial charge on any atom is -0.487 e. The van der Waals surface area contributed by atoms with Crippen molar-refractivity contribution >= 4 is 11.8 Å². The first-order valence-electron chi connectivity index (χ1n) is 6.18. The lowest BCUT2D eigenvalue weighted by Crippen LogP contribution is -2.48. The number of methoxy groups -OCH3 is 1. The van der Waals surface area contributed by atoms with Gasteiger partial charge in [0, 0.05) is 24.4 Å². The molecule has 0 spiro atoms. The lowest BCUT2D eigenvalue weighted by atomic mass is 10.1. The van der Waals surface area contributed by atoms with Gasteiger partial charge in [-0.2, -0.15) is 0 Å². The van der Waals surface area contributed by atoms with Crippen molar-refractivity contribution in [3.63, 3.8) is 0 Å². The minimum absolute atomic E-state index is 0.117. The smallest absolute Gasteiger partial charge is 0.133 e. The minimum atomic E-state index is 0.117. The third-order valence-corrected chi connectivity index (χ3v) is 4.20. The van der Waals surface area contributed by atoms with Crippen LogP contribution >= 0.6 is 11.8 Å². The van der Waals surface area contributed by atoms with Crippen molar-refractivity contribution in [3.8, 4) is 5.75 Å². The van der Waals surface area contributed by atoms with Crippen molar-refractivity contribution in [1.29, 1.82) is 0 Å². The number of para-hydroxylation sites is 1. The van der Waals surface area contributed by atoms with Crippen LogP contribution in [-0.2, 0) is 4.74 Å². The highest BCUT2D eigenvalue weighted by molar-refractivity contribution is 7.99. The van der Waals surface area contributed by atoms with Gasteiger partial charge in [0.15, 0.2) is 0 Å². The van der Waals surface area contributed by atoms with Crippen LogP contribution in [0.2, 0.25) is 0 Å². The van der Waals surface area contributed by atoms with Crippen molar-refractivity contribution in [1.82, 2.24) is 5.43 Å². The second-order valence-electron chi connectivity index (χ2n) is 4.32. The SMILES string of the molecule is COCCCC(NN)C1CSc2ccccc2O1. The van der Waals surface area contributed by atoms with Crippen LogP contribution in [0, 0.1) is 0 Å². The second kappa shape index (κ2) is 6.99. The van der Waals surface area contributed by atoms with Crippen LogP contribution in [0.1, 0.15) is 12.8 Å². The predicted molar refractivity (Wildman–Crippen MR) is 73.8 cm³/mol. The molecule has 100 valence electrons. The molecular formula is C13H20N2O2S. The van der Waals surface area contributed by atoms with Crippen molar-refractivity contribution in [2.75, 3.05) is 19.5 Å². The van der Waals surface area contributed by atoms with E-state index in [-0.39, 0.29) is 12.1 Å². The quantitative estimate of drug-likeness (QED) is 0.468. The van der Waals surface area contributed by atoms with E-state index in [0.29, 0.717) is 0 Å². The van der Waals surface area contributed by atoms with E-state index < -0.39 is 0 Å². The molecule has 0 amide bonds. The van der Waals surface area contributed by atoms with Crippen molar-refractivity contribution in [2.24, 2.45) is 5.84 Å². The molecule has 0 radical (unpaired) electrons.